The third-order valence-electron chi connectivity index (χ3n) is 3.31. The fraction of sp³-hybridized carbons (Fsp3) is 0.118. The number of rotatable bonds is 3. The molecule has 21 heavy (non-hydrogen) atoms. The van der Waals surface area contributed by atoms with Crippen LogP contribution >= 0.6 is 0 Å². The average Bonchev–Trinajstić information content (AvgIpc) is 2.82. The Morgan fingerprint density at radius 3 is 2.33 bits per heavy atom. The molecule has 0 fully saturated rings. The monoisotopic (exact) mass is 277 g/mol. The maximum atomic E-state index is 12.5. The van der Waals surface area contributed by atoms with E-state index in [1.54, 1.807) is 6.21 Å². The molecule has 2 aromatic carbocycles. The van der Waals surface area contributed by atoms with Crippen LogP contribution in [-0.4, -0.2) is 17.8 Å². The highest BCUT2D eigenvalue weighted by molar-refractivity contribution is 6.23. The zero-order valence-corrected chi connectivity index (χ0v) is 11.7. The van der Waals surface area contributed by atoms with Gasteiger partial charge in [-0.25, -0.2) is 0 Å². The molecule has 1 heterocycles. The smallest absolute Gasteiger partial charge is 0.261 e. The third-order valence-corrected chi connectivity index (χ3v) is 3.31. The lowest BCUT2D eigenvalue weighted by atomic mass is 10.1. The van der Waals surface area contributed by atoms with Gasteiger partial charge in [0, 0.05) is 6.21 Å². The predicted octanol–water partition coefficient (Wildman–Crippen LogP) is 3.43. The van der Waals surface area contributed by atoms with Gasteiger partial charge in [-0.15, -0.1) is 0 Å². The summed E-state index contributed by atoms with van der Waals surface area (Å²) in [4.78, 5) is 16.8. The molecule has 1 unspecified atom stereocenters. The summed E-state index contributed by atoms with van der Waals surface area (Å²) < 4.78 is 0. The Morgan fingerprint density at radius 2 is 1.67 bits per heavy atom. The minimum absolute atomic E-state index is 0.0709. The SMILES string of the molecule is CC1=NN(c2ccccc2)C(=O)C1C=Nc1ccccc1. The van der Waals surface area contributed by atoms with Crippen LogP contribution in [0.1, 0.15) is 6.92 Å². The Morgan fingerprint density at radius 1 is 1.05 bits per heavy atom. The Kier molecular flexibility index (Phi) is 3.60. The highest BCUT2D eigenvalue weighted by Gasteiger charge is 2.32. The van der Waals surface area contributed by atoms with E-state index in [0.717, 1.165) is 17.1 Å². The number of para-hydroxylation sites is 2. The first-order valence-electron chi connectivity index (χ1n) is 6.79. The largest absolute Gasteiger partial charge is 0.271 e. The maximum absolute atomic E-state index is 12.5. The molecule has 0 spiro atoms. The summed E-state index contributed by atoms with van der Waals surface area (Å²) in [6.45, 7) is 1.85. The number of anilines is 1. The van der Waals surface area contributed by atoms with Gasteiger partial charge in [-0.2, -0.15) is 10.1 Å². The molecule has 104 valence electrons. The second-order valence-electron chi connectivity index (χ2n) is 4.82. The minimum atomic E-state index is -0.398. The van der Waals surface area contributed by atoms with E-state index in [4.69, 9.17) is 0 Å². The summed E-state index contributed by atoms with van der Waals surface area (Å²) >= 11 is 0. The molecular formula is C17H15N3O. The van der Waals surface area contributed by atoms with Crippen molar-refractivity contribution >= 4 is 29.2 Å². The highest BCUT2D eigenvalue weighted by Crippen LogP contribution is 2.23. The van der Waals surface area contributed by atoms with Gasteiger partial charge in [0.2, 0.25) is 0 Å². The number of carbonyl (C=O) groups is 1. The Bertz CT molecular complexity index is 692. The van der Waals surface area contributed by atoms with Crippen molar-refractivity contribution in [2.45, 2.75) is 6.92 Å². The highest BCUT2D eigenvalue weighted by atomic mass is 16.2. The van der Waals surface area contributed by atoms with Crippen LogP contribution in [0.3, 0.4) is 0 Å². The molecule has 3 rings (SSSR count). The van der Waals surface area contributed by atoms with Gasteiger partial charge in [0.1, 0.15) is 5.92 Å². The molecule has 1 atom stereocenters. The van der Waals surface area contributed by atoms with Gasteiger partial charge in [0.15, 0.2) is 0 Å². The molecule has 1 aliphatic rings. The zero-order valence-electron chi connectivity index (χ0n) is 11.7. The number of benzene rings is 2. The minimum Gasteiger partial charge on any atom is -0.271 e. The first kappa shape index (κ1) is 13.2. The van der Waals surface area contributed by atoms with Crippen molar-refractivity contribution < 1.29 is 4.79 Å². The zero-order chi connectivity index (χ0) is 14.7. The average molecular weight is 277 g/mol. The standard InChI is InChI=1S/C17H15N3O/c1-13-16(12-18-14-8-4-2-5-9-14)17(21)20(19-13)15-10-6-3-7-11-15/h2-12,16H,1H3. The fourth-order valence-electron chi connectivity index (χ4n) is 2.18. The second kappa shape index (κ2) is 5.71. The van der Waals surface area contributed by atoms with Crippen molar-refractivity contribution in [3.63, 3.8) is 0 Å². The molecule has 4 nitrogen and oxygen atoms in total. The molecule has 0 N–H and O–H groups in total. The number of hydrogen-bond acceptors (Lipinski definition) is 3. The molecule has 0 saturated carbocycles. The lowest BCUT2D eigenvalue weighted by Crippen LogP contribution is -2.27. The lowest BCUT2D eigenvalue weighted by Gasteiger charge is -2.12. The van der Waals surface area contributed by atoms with E-state index >= 15 is 0 Å². The lowest BCUT2D eigenvalue weighted by molar-refractivity contribution is -0.118. The van der Waals surface area contributed by atoms with E-state index in [1.165, 1.54) is 5.01 Å². The van der Waals surface area contributed by atoms with Crippen LogP contribution in [0.2, 0.25) is 0 Å². The maximum Gasteiger partial charge on any atom is 0.261 e. The van der Waals surface area contributed by atoms with E-state index in [0.29, 0.717) is 0 Å². The van der Waals surface area contributed by atoms with E-state index in [1.807, 2.05) is 67.6 Å². The second-order valence-corrected chi connectivity index (χ2v) is 4.82. The van der Waals surface area contributed by atoms with Gasteiger partial charge >= 0.3 is 0 Å². The number of hydrogen-bond donors (Lipinski definition) is 0. The molecule has 1 aliphatic heterocycles. The number of carbonyl (C=O) groups excluding carboxylic acids is 1. The summed E-state index contributed by atoms with van der Waals surface area (Å²) in [6.07, 6.45) is 1.67. The van der Waals surface area contributed by atoms with Crippen molar-refractivity contribution in [3.8, 4) is 0 Å². The van der Waals surface area contributed by atoms with Gasteiger partial charge in [0.05, 0.1) is 17.1 Å². The number of aliphatic imine (C=N–C) groups is 1. The quantitative estimate of drug-likeness (QED) is 0.793. The van der Waals surface area contributed by atoms with Gasteiger partial charge in [-0.3, -0.25) is 9.79 Å². The molecule has 2 aromatic rings. The molecule has 0 aliphatic carbocycles. The Balaban J connectivity index is 1.81. The van der Waals surface area contributed by atoms with Crippen LogP contribution in [0, 0.1) is 5.92 Å². The van der Waals surface area contributed by atoms with Crippen LogP contribution < -0.4 is 5.01 Å². The first-order chi connectivity index (χ1) is 10.3. The summed E-state index contributed by atoms with van der Waals surface area (Å²) in [5.41, 5.74) is 2.36. The van der Waals surface area contributed by atoms with Crippen molar-refractivity contribution in [3.05, 3.63) is 60.7 Å². The summed E-state index contributed by atoms with van der Waals surface area (Å²) in [5.74, 6) is -0.469. The van der Waals surface area contributed by atoms with Gasteiger partial charge in [-0.1, -0.05) is 36.4 Å². The van der Waals surface area contributed by atoms with Crippen LogP contribution in [0.25, 0.3) is 0 Å². The van der Waals surface area contributed by atoms with Crippen molar-refractivity contribution in [2.75, 3.05) is 5.01 Å². The molecule has 0 bridgehead atoms. The number of nitrogens with zero attached hydrogens (tertiary/aromatic N) is 3. The van der Waals surface area contributed by atoms with Gasteiger partial charge in [-0.05, 0) is 31.2 Å². The van der Waals surface area contributed by atoms with Crippen LogP contribution in [-0.2, 0) is 4.79 Å². The van der Waals surface area contributed by atoms with Crippen molar-refractivity contribution in [1.82, 2.24) is 0 Å². The molecule has 0 saturated heterocycles. The normalized spacial score (nSPS) is 18.3. The van der Waals surface area contributed by atoms with Gasteiger partial charge < -0.3 is 0 Å². The predicted molar refractivity (Wildman–Crippen MR) is 85.1 cm³/mol. The van der Waals surface area contributed by atoms with Crippen LogP contribution in [0.5, 0.6) is 0 Å². The molecule has 1 amide bonds. The molecule has 4 heteroatoms. The Labute approximate surface area is 123 Å². The molecular weight excluding hydrogens is 262 g/mol. The van der Waals surface area contributed by atoms with Gasteiger partial charge in [0.25, 0.3) is 5.91 Å². The number of hydrazone groups is 1. The third kappa shape index (κ3) is 2.74. The first-order valence-corrected chi connectivity index (χ1v) is 6.79. The van der Waals surface area contributed by atoms with E-state index in [-0.39, 0.29) is 5.91 Å². The van der Waals surface area contributed by atoms with Crippen LogP contribution in [0.4, 0.5) is 11.4 Å². The topological polar surface area (TPSA) is 45.0 Å². The van der Waals surface area contributed by atoms with E-state index < -0.39 is 5.92 Å². The Hall–Kier alpha value is -2.75. The van der Waals surface area contributed by atoms with Crippen molar-refractivity contribution in [1.29, 1.82) is 0 Å². The van der Waals surface area contributed by atoms with Crippen molar-refractivity contribution in [2.24, 2.45) is 16.0 Å². The number of amides is 1. The fourth-order valence-corrected chi connectivity index (χ4v) is 2.18. The van der Waals surface area contributed by atoms with E-state index in [2.05, 4.69) is 10.1 Å². The summed E-state index contributed by atoms with van der Waals surface area (Å²) in [6, 6.07) is 19.0. The molecule has 0 aromatic heterocycles. The molecule has 0 radical (unpaired) electrons. The summed E-state index contributed by atoms with van der Waals surface area (Å²) in [7, 11) is 0. The van der Waals surface area contributed by atoms with E-state index in [9.17, 15) is 4.79 Å². The summed E-state index contributed by atoms with van der Waals surface area (Å²) in [5, 5.41) is 5.78. The van der Waals surface area contributed by atoms with Crippen LogP contribution in [0.15, 0.2) is 70.8 Å².